The fourth-order valence-corrected chi connectivity index (χ4v) is 4.07. The molecule has 3 aromatic rings. The number of methoxy groups -OCH3 is 1. The van der Waals surface area contributed by atoms with Crippen LogP contribution >= 0.6 is 0 Å². The Kier molecular flexibility index (Phi) is 6.09. The summed E-state index contributed by atoms with van der Waals surface area (Å²) in [6.45, 7) is 7.22. The highest BCUT2D eigenvalue weighted by Gasteiger charge is 2.18. The van der Waals surface area contributed by atoms with Crippen LogP contribution in [0.4, 0.5) is 11.4 Å². The lowest BCUT2D eigenvalue weighted by Crippen LogP contribution is -2.32. The van der Waals surface area contributed by atoms with Gasteiger partial charge in [0, 0.05) is 29.0 Å². The molecule has 0 unspecified atom stereocenters. The summed E-state index contributed by atoms with van der Waals surface area (Å²) in [4.78, 5) is 6.95. The number of hydrogen-bond donors (Lipinski definition) is 1. The number of pyridine rings is 1. The summed E-state index contributed by atoms with van der Waals surface area (Å²) in [7, 11) is 3.87. The Hall–Kier alpha value is -2.79. The van der Waals surface area contributed by atoms with Crippen molar-refractivity contribution in [1.29, 1.82) is 0 Å². The van der Waals surface area contributed by atoms with Gasteiger partial charge in [0.1, 0.15) is 0 Å². The lowest BCUT2D eigenvalue weighted by atomic mass is 9.98. The summed E-state index contributed by atoms with van der Waals surface area (Å²) >= 11 is 0. The molecule has 2 aromatic carbocycles. The zero-order valence-electron chi connectivity index (χ0n) is 18.4. The highest BCUT2D eigenvalue weighted by molar-refractivity contribution is 5.95. The lowest BCUT2D eigenvalue weighted by molar-refractivity contribution is 0.157. The Bertz CT molecular complexity index is 1030. The second-order valence-corrected chi connectivity index (χ2v) is 8.38. The van der Waals surface area contributed by atoms with Gasteiger partial charge in [-0.15, -0.1) is 0 Å². The highest BCUT2D eigenvalue weighted by atomic mass is 16.5. The molecule has 5 nitrogen and oxygen atoms in total. The molecule has 1 aromatic heterocycles. The average molecular weight is 406 g/mol. The summed E-state index contributed by atoms with van der Waals surface area (Å²) in [6.07, 6.45) is 4.19. The third kappa shape index (κ3) is 4.51. The SMILES string of the molecule is COc1cc2c(Nc3ccc(C)cc3C)ccnc2cc1OCC1CCN(C)CC1. The predicted molar refractivity (Wildman–Crippen MR) is 123 cm³/mol. The standard InChI is InChI=1S/C25H31N3O2/c1-17-5-6-21(18(2)13-17)27-22-7-10-26-23-15-25(24(29-4)14-20(22)23)30-16-19-8-11-28(3)12-9-19/h5-7,10,13-15,19H,8-9,11-12,16H2,1-4H3,(H,26,27). The summed E-state index contributed by atoms with van der Waals surface area (Å²) < 4.78 is 11.9. The molecular weight excluding hydrogens is 374 g/mol. The number of anilines is 2. The number of ether oxygens (including phenoxy) is 2. The van der Waals surface area contributed by atoms with Crippen LogP contribution in [-0.2, 0) is 0 Å². The fourth-order valence-electron chi connectivity index (χ4n) is 4.07. The molecular formula is C25H31N3O2. The van der Waals surface area contributed by atoms with Crippen molar-refractivity contribution in [3.05, 3.63) is 53.7 Å². The zero-order valence-corrected chi connectivity index (χ0v) is 18.4. The van der Waals surface area contributed by atoms with Gasteiger partial charge in [-0.25, -0.2) is 0 Å². The topological polar surface area (TPSA) is 46.6 Å². The van der Waals surface area contributed by atoms with E-state index in [0.29, 0.717) is 5.92 Å². The van der Waals surface area contributed by atoms with Gasteiger partial charge in [0.15, 0.2) is 11.5 Å². The summed E-state index contributed by atoms with van der Waals surface area (Å²) in [5, 5.41) is 4.57. The quantitative estimate of drug-likeness (QED) is 0.601. The minimum atomic E-state index is 0.590. The monoisotopic (exact) mass is 405 g/mol. The number of piperidine rings is 1. The second-order valence-electron chi connectivity index (χ2n) is 8.38. The van der Waals surface area contributed by atoms with Crippen LogP contribution in [0.25, 0.3) is 10.9 Å². The Morgan fingerprint density at radius 2 is 1.83 bits per heavy atom. The van der Waals surface area contributed by atoms with Crippen LogP contribution in [0, 0.1) is 19.8 Å². The normalized spacial score (nSPS) is 15.3. The van der Waals surface area contributed by atoms with Crippen molar-refractivity contribution < 1.29 is 9.47 Å². The minimum Gasteiger partial charge on any atom is -0.493 e. The van der Waals surface area contributed by atoms with Crippen LogP contribution in [-0.4, -0.2) is 43.7 Å². The lowest BCUT2D eigenvalue weighted by Gasteiger charge is -2.28. The van der Waals surface area contributed by atoms with Gasteiger partial charge in [-0.2, -0.15) is 0 Å². The molecule has 158 valence electrons. The molecule has 4 rings (SSSR count). The van der Waals surface area contributed by atoms with E-state index < -0.39 is 0 Å². The van der Waals surface area contributed by atoms with E-state index in [4.69, 9.17) is 9.47 Å². The van der Waals surface area contributed by atoms with E-state index in [1.165, 1.54) is 24.0 Å². The molecule has 2 heterocycles. The van der Waals surface area contributed by atoms with Crippen LogP contribution in [0.15, 0.2) is 42.6 Å². The number of aryl methyl sites for hydroxylation is 2. The number of hydrogen-bond acceptors (Lipinski definition) is 5. The largest absolute Gasteiger partial charge is 0.493 e. The first kappa shape index (κ1) is 20.5. The number of likely N-dealkylation sites (tertiary alicyclic amines) is 1. The molecule has 1 fully saturated rings. The van der Waals surface area contributed by atoms with E-state index in [2.05, 4.69) is 54.3 Å². The molecule has 1 aliphatic rings. The van der Waals surface area contributed by atoms with E-state index in [1.807, 2.05) is 24.4 Å². The second kappa shape index (κ2) is 8.92. The molecule has 1 N–H and O–H groups in total. The molecule has 0 atom stereocenters. The molecule has 0 saturated carbocycles. The molecule has 0 amide bonds. The fraction of sp³-hybridized carbons (Fsp3) is 0.400. The highest BCUT2D eigenvalue weighted by Crippen LogP contribution is 2.36. The smallest absolute Gasteiger partial charge is 0.163 e. The number of nitrogens with one attached hydrogen (secondary N) is 1. The van der Waals surface area contributed by atoms with Crippen LogP contribution in [0.1, 0.15) is 24.0 Å². The van der Waals surface area contributed by atoms with Gasteiger partial charge >= 0.3 is 0 Å². The number of benzene rings is 2. The predicted octanol–water partition coefficient (Wildman–Crippen LogP) is 5.32. The number of aromatic nitrogens is 1. The van der Waals surface area contributed by atoms with Crippen LogP contribution < -0.4 is 14.8 Å². The number of rotatable bonds is 6. The molecule has 0 bridgehead atoms. The van der Waals surface area contributed by atoms with Crippen molar-refractivity contribution >= 4 is 22.3 Å². The molecule has 1 aliphatic heterocycles. The maximum absolute atomic E-state index is 6.20. The van der Waals surface area contributed by atoms with Crippen LogP contribution in [0.2, 0.25) is 0 Å². The van der Waals surface area contributed by atoms with Crippen molar-refractivity contribution in [2.75, 3.05) is 39.2 Å². The Labute approximate surface area is 179 Å². The van der Waals surface area contributed by atoms with Gasteiger partial charge in [-0.1, -0.05) is 17.7 Å². The molecule has 0 spiro atoms. The zero-order chi connectivity index (χ0) is 21.1. The minimum absolute atomic E-state index is 0.590. The summed E-state index contributed by atoms with van der Waals surface area (Å²) in [5.74, 6) is 2.10. The first-order valence-corrected chi connectivity index (χ1v) is 10.7. The van der Waals surface area contributed by atoms with E-state index in [-0.39, 0.29) is 0 Å². The van der Waals surface area contributed by atoms with E-state index >= 15 is 0 Å². The maximum atomic E-state index is 6.20. The third-order valence-corrected chi connectivity index (χ3v) is 5.99. The first-order chi connectivity index (χ1) is 14.5. The van der Waals surface area contributed by atoms with E-state index in [9.17, 15) is 0 Å². The van der Waals surface area contributed by atoms with Gasteiger partial charge in [-0.05, 0) is 76.5 Å². The van der Waals surface area contributed by atoms with Gasteiger partial charge in [-0.3, -0.25) is 4.98 Å². The number of fused-ring (bicyclic) bond motifs is 1. The summed E-state index contributed by atoms with van der Waals surface area (Å²) in [6, 6.07) is 12.4. The van der Waals surface area contributed by atoms with Crippen LogP contribution in [0.3, 0.4) is 0 Å². The van der Waals surface area contributed by atoms with Crippen molar-refractivity contribution in [2.45, 2.75) is 26.7 Å². The Balaban J connectivity index is 1.58. The molecule has 5 heteroatoms. The Morgan fingerprint density at radius 1 is 1.03 bits per heavy atom. The third-order valence-electron chi connectivity index (χ3n) is 5.99. The first-order valence-electron chi connectivity index (χ1n) is 10.7. The van der Waals surface area contributed by atoms with Crippen molar-refractivity contribution in [3.8, 4) is 11.5 Å². The molecule has 0 radical (unpaired) electrons. The molecule has 30 heavy (non-hydrogen) atoms. The van der Waals surface area contributed by atoms with Crippen molar-refractivity contribution in [1.82, 2.24) is 9.88 Å². The average Bonchev–Trinajstić information content (AvgIpc) is 2.75. The molecule has 0 aliphatic carbocycles. The Morgan fingerprint density at radius 3 is 2.57 bits per heavy atom. The summed E-state index contributed by atoms with van der Waals surface area (Å²) in [5.41, 5.74) is 5.46. The molecule has 1 saturated heterocycles. The van der Waals surface area contributed by atoms with Crippen molar-refractivity contribution in [3.63, 3.8) is 0 Å². The van der Waals surface area contributed by atoms with Gasteiger partial charge in [0.2, 0.25) is 0 Å². The maximum Gasteiger partial charge on any atom is 0.163 e. The van der Waals surface area contributed by atoms with Gasteiger partial charge in [0.25, 0.3) is 0 Å². The van der Waals surface area contributed by atoms with Gasteiger partial charge < -0.3 is 19.7 Å². The van der Waals surface area contributed by atoms with E-state index in [1.54, 1.807) is 7.11 Å². The van der Waals surface area contributed by atoms with Gasteiger partial charge in [0.05, 0.1) is 19.2 Å². The van der Waals surface area contributed by atoms with Crippen molar-refractivity contribution in [2.24, 2.45) is 5.92 Å². The van der Waals surface area contributed by atoms with E-state index in [0.717, 1.165) is 53.5 Å². The van der Waals surface area contributed by atoms with Crippen LogP contribution in [0.5, 0.6) is 11.5 Å². The number of nitrogens with zero attached hydrogens (tertiary/aromatic N) is 2.